The number of esters is 1. The smallest absolute Gasteiger partial charge is 0.306 e. The molecule has 0 saturated carbocycles. The lowest BCUT2D eigenvalue weighted by Gasteiger charge is -2.20. The van der Waals surface area contributed by atoms with Gasteiger partial charge in [0.25, 0.3) is 5.56 Å². The van der Waals surface area contributed by atoms with Crippen LogP contribution in [0.25, 0.3) is 5.65 Å². The third-order valence-corrected chi connectivity index (χ3v) is 4.79. The fourth-order valence-electron chi connectivity index (χ4n) is 3.34. The Bertz CT molecular complexity index is 1110. The van der Waals surface area contributed by atoms with Gasteiger partial charge in [-0.15, -0.1) is 0 Å². The second kappa shape index (κ2) is 8.73. The topological polar surface area (TPSA) is 109 Å². The second-order valence-corrected chi connectivity index (χ2v) is 6.37. The van der Waals surface area contributed by atoms with Gasteiger partial charge >= 0.3 is 5.97 Å². The monoisotopic (exact) mass is 414 g/mol. The maximum absolute atomic E-state index is 13.2. The first-order chi connectivity index (χ1) is 14.4. The number of carbonyl (C=O) groups excluding carboxylic acids is 1. The zero-order chi connectivity index (χ0) is 21.8. The zero-order valence-electron chi connectivity index (χ0n) is 17.0. The molecule has 2 heterocycles. The van der Waals surface area contributed by atoms with Crippen molar-refractivity contribution in [3.8, 4) is 23.1 Å². The van der Waals surface area contributed by atoms with E-state index in [2.05, 4.69) is 4.98 Å². The number of aromatic nitrogens is 2. The SMILES string of the molecule is COC(=O)CC(c1cc(OC)c(OC)c(OC)c1)c1c(O)nc2ccccn2c1=O. The summed E-state index contributed by atoms with van der Waals surface area (Å²) in [5, 5.41) is 10.6. The summed E-state index contributed by atoms with van der Waals surface area (Å²) in [6.45, 7) is 0. The van der Waals surface area contributed by atoms with E-state index in [1.807, 2.05) is 0 Å². The Morgan fingerprint density at radius 1 is 1.10 bits per heavy atom. The molecule has 0 fully saturated rings. The van der Waals surface area contributed by atoms with Crippen molar-refractivity contribution < 1.29 is 28.8 Å². The molecule has 158 valence electrons. The summed E-state index contributed by atoms with van der Waals surface area (Å²) in [5.41, 5.74) is 0.226. The minimum absolute atomic E-state index is 0.0432. The molecule has 0 spiro atoms. The molecule has 1 unspecified atom stereocenters. The number of hydrogen-bond acceptors (Lipinski definition) is 8. The van der Waals surface area contributed by atoms with Gasteiger partial charge in [0, 0.05) is 12.1 Å². The van der Waals surface area contributed by atoms with Gasteiger partial charge in [-0.1, -0.05) is 6.07 Å². The van der Waals surface area contributed by atoms with Gasteiger partial charge in [-0.2, -0.15) is 4.98 Å². The number of nitrogens with zero attached hydrogens (tertiary/aromatic N) is 2. The highest BCUT2D eigenvalue weighted by atomic mass is 16.5. The molecule has 1 N–H and O–H groups in total. The van der Waals surface area contributed by atoms with Crippen LogP contribution in [0.5, 0.6) is 23.1 Å². The van der Waals surface area contributed by atoms with E-state index in [0.717, 1.165) is 0 Å². The molecule has 9 nitrogen and oxygen atoms in total. The number of benzene rings is 1. The summed E-state index contributed by atoms with van der Waals surface area (Å²) in [4.78, 5) is 29.5. The van der Waals surface area contributed by atoms with E-state index in [9.17, 15) is 14.7 Å². The fourth-order valence-corrected chi connectivity index (χ4v) is 3.34. The van der Waals surface area contributed by atoms with Crippen molar-refractivity contribution in [3.63, 3.8) is 0 Å². The van der Waals surface area contributed by atoms with Crippen LogP contribution in [0, 0.1) is 0 Å². The maximum Gasteiger partial charge on any atom is 0.306 e. The molecule has 2 aromatic heterocycles. The molecule has 0 radical (unpaired) electrons. The van der Waals surface area contributed by atoms with Crippen LogP contribution in [0.1, 0.15) is 23.5 Å². The quantitative estimate of drug-likeness (QED) is 0.586. The molecule has 9 heteroatoms. The summed E-state index contributed by atoms with van der Waals surface area (Å²) >= 11 is 0. The number of carbonyl (C=O) groups is 1. The average Bonchev–Trinajstić information content (AvgIpc) is 2.77. The first-order valence-electron chi connectivity index (χ1n) is 9.02. The van der Waals surface area contributed by atoms with E-state index in [4.69, 9.17) is 18.9 Å². The maximum atomic E-state index is 13.2. The van der Waals surface area contributed by atoms with Gasteiger partial charge in [0.15, 0.2) is 11.5 Å². The fraction of sp³-hybridized carbons (Fsp3) is 0.286. The van der Waals surface area contributed by atoms with Gasteiger partial charge < -0.3 is 24.1 Å². The number of methoxy groups -OCH3 is 4. The van der Waals surface area contributed by atoms with Crippen LogP contribution in [0.2, 0.25) is 0 Å². The van der Waals surface area contributed by atoms with Crippen molar-refractivity contribution >= 4 is 11.6 Å². The van der Waals surface area contributed by atoms with Crippen LogP contribution in [0.15, 0.2) is 41.3 Å². The first kappa shape index (κ1) is 21.0. The highest BCUT2D eigenvalue weighted by Crippen LogP contribution is 2.42. The normalized spacial score (nSPS) is 11.7. The van der Waals surface area contributed by atoms with Crippen LogP contribution in [-0.2, 0) is 9.53 Å². The summed E-state index contributed by atoms with van der Waals surface area (Å²) in [5.74, 6) is -0.855. The van der Waals surface area contributed by atoms with E-state index in [1.165, 1.54) is 39.0 Å². The summed E-state index contributed by atoms with van der Waals surface area (Å²) in [7, 11) is 5.64. The number of aromatic hydroxyl groups is 1. The summed E-state index contributed by atoms with van der Waals surface area (Å²) in [6, 6.07) is 8.21. The molecule has 3 aromatic rings. The van der Waals surface area contributed by atoms with Crippen molar-refractivity contribution in [1.82, 2.24) is 9.38 Å². The molecule has 0 amide bonds. The lowest BCUT2D eigenvalue weighted by Crippen LogP contribution is -2.24. The second-order valence-electron chi connectivity index (χ2n) is 6.37. The Morgan fingerprint density at radius 3 is 2.33 bits per heavy atom. The van der Waals surface area contributed by atoms with Gasteiger partial charge in [-0.3, -0.25) is 14.0 Å². The van der Waals surface area contributed by atoms with Crippen molar-refractivity contribution in [2.24, 2.45) is 0 Å². The number of fused-ring (bicyclic) bond motifs is 1. The van der Waals surface area contributed by atoms with E-state index in [-0.39, 0.29) is 17.6 Å². The van der Waals surface area contributed by atoms with Crippen LogP contribution in [-0.4, -0.2) is 48.9 Å². The number of rotatable bonds is 7. The van der Waals surface area contributed by atoms with Gasteiger partial charge in [-0.05, 0) is 29.8 Å². The Balaban J connectivity index is 2.29. The van der Waals surface area contributed by atoms with Crippen molar-refractivity contribution in [2.75, 3.05) is 28.4 Å². The Hall–Kier alpha value is -3.75. The van der Waals surface area contributed by atoms with Crippen LogP contribution >= 0.6 is 0 Å². The average molecular weight is 414 g/mol. The molecule has 0 bridgehead atoms. The largest absolute Gasteiger partial charge is 0.493 e. The molecule has 0 aliphatic carbocycles. The van der Waals surface area contributed by atoms with Gasteiger partial charge in [0.05, 0.1) is 40.4 Å². The van der Waals surface area contributed by atoms with Gasteiger partial charge in [-0.25, -0.2) is 0 Å². The Kier molecular flexibility index (Phi) is 6.10. The van der Waals surface area contributed by atoms with Crippen LogP contribution in [0.4, 0.5) is 0 Å². The van der Waals surface area contributed by atoms with E-state index in [0.29, 0.717) is 22.8 Å². The minimum Gasteiger partial charge on any atom is -0.493 e. The van der Waals surface area contributed by atoms with Gasteiger partial charge in [0.1, 0.15) is 5.65 Å². The Morgan fingerprint density at radius 2 is 1.77 bits per heavy atom. The van der Waals surface area contributed by atoms with Crippen molar-refractivity contribution in [1.29, 1.82) is 0 Å². The molecule has 0 aliphatic heterocycles. The molecule has 1 aromatic carbocycles. The summed E-state index contributed by atoms with van der Waals surface area (Å²) in [6.07, 6.45) is 1.33. The highest BCUT2D eigenvalue weighted by Gasteiger charge is 2.29. The van der Waals surface area contributed by atoms with Crippen molar-refractivity contribution in [2.45, 2.75) is 12.3 Å². The zero-order valence-corrected chi connectivity index (χ0v) is 17.0. The predicted molar refractivity (Wildman–Crippen MR) is 108 cm³/mol. The molecule has 3 rings (SSSR count). The number of ether oxygens (including phenoxy) is 4. The summed E-state index contributed by atoms with van der Waals surface area (Å²) < 4.78 is 22.2. The molecular formula is C21H22N2O7. The van der Waals surface area contributed by atoms with E-state index in [1.54, 1.807) is 30.3 Å². The van der Waals surface area contributed by atoms with Crippen molar-refractivity contribution in [3.05, 3.63) is 58.0 Å². The lowest BCUT2D eigenvalue weighted by molar-refractivity contribution is -0.140. The number of hydrogen-bond donors (Lipinski definition) is 1. The first-order valence-corrected chi connectivity index (χ1v) is 9.02. The third kappa shape index (κ3) is 3.73. The lowest BCUT2D eigenvalue weighted by atomic mass is 9.89. The van der Waals surface area contributed by atoms with Gasteiger partial charge in [0.2, 0.25) is 11.6 Å². The highest BCUT2D eigenvalue weighted by molar-refractivity contribution is 5.72. The number of pyridine rings is 1. The van der Waals surface area contributed by atoms with E-state index < -0.39 is 23.3 Å². The Labute approximate surface area is 172 Å². The molecule has 1 atom stereocenters. The van der Waals surface area contributed by atoms with Crippen LogP contribution in [0.3, 0.4) is 0 Å². The molecule has 0 aliphatic rings. The van der Waals surface area contributed by atoms with Crippen LogP contribution < -0.4 is 19.8 Å². The molecule has 0 saturated heterocycles. The molecule has 30 heavy (non-hydrogen) atoms. The third-order valence-electron chi connectivity index (χ3n) is 4.79. The van der Waals surface area contributed by atoms with E-state index >= 15 is 0 Å². The minimum atomic E-state index is -0.872. The predicted octanol–water partition coefficient (Wildman–Crippen LogP) is 2.12. The molecular weight excluding hydrogens is 392 g/mol. The standard InChI is InChI=1S/C21H22N2O7/c1-27-14-9-12(10-15(28-2)19(14)30-4)13(11-17(24)29-3)18-20(25)22-16-7-5-6-8-23(16)21(18)26/h5-10,13,25H,11H2,1-4H3.